The number of aliphatic hydroxyl groups is 3. The maximum absolute atomic E-state index is 11.0. The summed E-state index contributed by atoms with van der Waals surface area (Å²) in [4.78, 5) is 11.0. The maximum atomic E-state index is 11.0. The summed E-state index contributed by atoms with van der Waals surface area (Å²) in [6.45, 7) is 1.02. The lowest BCUT2D eigenvalue weighted by atomic mass is 9.88. The lowest BCUT2D eigenvalue weighted by Gasteiger charge is -2.44. The van der Waals surface area contributed by atoms with Crippen molar-refractivity contribution in [2.75, 3.05) is 6.61 Å². The highest BCUT2D eigenvalue weighted by molar-refractivity contribution is 5.73. The summed E-state index contributed by atoms with van der Waals surface area (Å²) >= 11 is 0. The van der Waals surface area contributed by atoms with E-state index in [2.05, 4.69) is 5.32 Å². The zero-order valence-corrected chi connectivity index (χ0v) is 9.09. The summed E-state index contributed by atoms with van der Waals surface area (Å²) in [5.41, 5.74) is -1.06. The molecule has 16 heavy (non-hydrogen) atoms. The molecule has 2 fully saturated rings. The van der Waals surface area contributed by atoms with E-state index in [9.17, 15) is 20.1 Å². The Hall–Kier alpha value is -0.690. The molecule has 0 aromatic rings. The smallest absolute Gasteiger partial charge is 0.217 e. The predicted octanol–water partition coefficient (Wildman–Crippen LogP) is -1.86. The summed E-state index contributed by atoms with van der Waals surface area (Å²) in [6, 6.07) is -0.602. The van der Waals surface area contributed by atoms with Crippen molar-refractivity contribution in [2.45, 2.75) is 49.7 Å². The fourth-order valence-corrected chi connectivity index (χ4v) is 2.63. The van der Waals surface area contributed by atoms with E-state index in [1.165, 1.54) is 6.92 Å². The van der Waals surface area contributed by atoms with E-state index in [1.807, 2.05) is 0 Å². The Balaban J connectivity index is 2.19. The number of fused-ring (bicyclic) bond motifs is 2. The number of hydrogen-bond acceptors (Lipinski definition) is 5. The molecule has 6 heteroatoms. The second kappa shape index (κ2) is 3.96. The normalized spacial score (nSPS) is 46.8. The molecule has 2 aliphatic rings. The first kappa shape index (κ1) is 11.8. The van der Waals surface area contributed by atoms with Crippen molar-refractivity contribution in [1.82, 2.24) is 5.32 Å². The highest BCUT2D eigenvalue weighted by Crippen LogP contribution is 2.41. The van der Waals surface area contributed by atoms with Crippen LogP contribution in [0.3, 0.4) is 0 Å². The molecule has 1 amide bonds. The highest BCUT2D eigenvalue weighted by atomic mass is 16.6. The Morgan fingerprint density at radius 3 is 2.81 bits per heavy atom. The van der Waals surface area contributed by atoms with Crippen LogP contribution in [0, 0.1) is 0 Å². The molecule has 0 aromatic heterocycles. The quantitative estimate of drug-likeness (QED) is 0.446. The van der Waals surface area contributed by atoms with E-state index in [4.69, 9.17) is 4.74 Å². The van der Waals surface area contributed by atoms with Crippen LogP contribution in [-0.2, 0) is 9.53 Å². The van der Waals surface area contributed by atoms with Crippen LogP contribution in [0.1, 0.15) is 19.8 Å². The molecule has 0 aliphatic carbocycles. The number of aliphatic hydroxyl groups excluding tert-OH is 3. The van der Waals surface area contributed by atoms with Crippen LogP contribution in [0.25, 0.3) is 0 Å². The fourth-order valence-electron chi connectivity index (χ4n) is 2.63. The number of carbonyl (C=O) groups is 1. The first-order valence-corrected chi connectivity index (χ1v) is 5.42. The molecule has 2 rings (SSSR count). The van der Waals surface area contributed by atoms with Gasteiger partial charge in [-0.1, -0.05) is 0 Å². The summed E-state index contributed by atoms with van der Waals surface area (Å²) in [7, 11) is 0. The third-order valence-corrected chi connectivity index (χ3v) is 3.51. The van der Waals surface area contributed by atoms with Crippen molar-refractivity contribution < 1.29 is 24.9 Å². The van der Waals surface area contributed by atoms with Crippen LogP contribution in [-0.4, -0.2) is 57.8 Å². The van der Waals surface area contributed by atoms with Gasteiger partial charge in [0.05, 0.1) is 18.8 Å². The first-order valence-electron chi connectivity index (χ1n) is 5.42. The summed E-state index contributed by atoms with van der Waals surface area (Å²) in [5, 5.41) is 31.6. The van der Waals surface area contributed by atoms with Crippen LogP contribution < -0.4 is 5.32 Å². The molecule has 0 saturated carbocycles. The molecule has 0 unspecified atom stereocenters. The minimum absolute atomic E-state index is 0.275. The van der Waals surface area contributed by atoms with E-state index in [0.717, 1.165) is 0 Å². The van der Waals surface area contributed by atoms with Crippen molar-refractivity contribution in [2.24, 2.45) is 0 Å². The monoisotopic (exact) mass is 231 g/mol. The topological polar surface area (TPSA) is 99.0 Å². The number of rotatable bonds is 2. The van der Waals surface area contributed by atoms with Gasteiger partial charge in [0.1, 0.15) is 17.8 Å². The van der Waals surface area contributed by atoms with Gasteiger partial charge in [0, 0.05) is 6.92 Å². The van der Waals surface area contributed by atoms with Crippen LogP contribution in [0.15, 0.2) is 0 Å². The van der Waals surface area contributed by atoms with E-state index < -0.39 is 23.9 Å². The van der Waals surface area contributed by atoms with E-state index in [0.29, 0.717) is 12.8 Å². The van der Waals surface area contributed by atoms with Gasteiger partial charge in [-0.3, -0.25) is 4.79 Å². The number of nitrogens with one attached hydrogen (secondary N) is 1. The molecule has 0 aromatic carbocycles. The SMILES string of the molecule is CC(=O)N[C@@H]1[C@@H](O)[C@@H](O)[C@]2(CO)CC[C@H]1O2. The van der Waals surface area contributed by atoms with Crippen molar-refractivity contribution in [3.8, 4) is 0 Å². The van der Waals surface area contributed by atoms with Gasteiger partial charge in [0.2, 0.25) is 5.91 Å². The molecule has 92 valence electrons. The van der Waals surface area contributed by atoms with Gasteiger partial charge in [-0.25, -0.2) is 0 Å². The lowest BCUT2D eigenvalue weighted by molar-refractivity contribution is -0.219. The lowest BCUT2D eigenvalue weighted by Crippen LogP contribution is -2.65. The second-order valence-electron chi connectivity index (χ2n) is 4.58. The van der Waals surface area contributed by atoms with Gasteiger partial charge in [0.15, 0.2) is 0 Å². The zero-order valence-electron chi connectivity index (χ0n) is 9.09. The maximum Gasteiger partial charge on any atom is 0.217 e. The van der Waals surface area contributed by atoms with E-state index in [-0.39, 0.29) is 18.6 Å². The number of ether oxygens (including phenoxy) is 1. The summed E-state index contributed by atoms with van der Waals surface area (Å²) in [5.74, 6) is -0.275. The predicted molar refractivity (Wildman–Crippen MR) is 53.5 cm³/mol. The van der Waals surface area contributed by atoms with Crippen molar-refractivity contribution in [3.05, 3.63) is 0 Å². The van der Waals surface area contributed by atoms with E-state index in [1.54, 1.807) is 0 Å². The molecular formula is C10H17NO5. The second-order valence-corrected chi connectivity index (χ2v) is 4.58. The van der Waals surface area contributed by atoms with Crippen LogP contribution in [0.5, 0.6) is 0 Å². The average molecular weight is 231 g/mol. The van der Waals surface area contributed by atoms with E-state index >= 15 is 0 Å². The summed E-state index contributed by atoms with van der Waals surface area (Å²) < 4.78 is 5.56. The largest absolute Gasteiger partial charge is 0.393 e. The van der Waals surface area contributed by atoms with Gasteiger partial charge in [-0.15, -0.1) is 0 Å². The minimum Gasteiger partial charge on any atom is -0.393 e. The van der Waals surface area contributed by atoms with Gasteiger partial charge >= 0.3 is 0 Å². The molecule has 4 N–H and O–H groups in total. The van der Waals surface area contributed by atoms with Crippen molar-refractivity contribution in [1.29, 1.82) is 0 Å². The minimum atomic E-state index is -1.17. The molecule has 2 heterocycles. The Labute approximate surface area is 93.2 Å². The molecular weight excluding hydrogens is 214 g/mol. The number of hydrogen-bond donors (Lipinski definition) is 4. The zero-order chi connectivity index (χ0) is 11.9. The average Bonchev–Trinajstić information content (AvgIpc) is 2.65. The Kier molecular flexibility index (Phi) is 2.91. The standard InChI is InChI=1S/C10H17NO5/c1-5(13)11-7-6-2-3-10(4-12,16-6)9(15)8(7)14/h6-9,12,14-15H,2-4H2,1H3,(H,11,13)/t6-,7+,8-,9-,10-/m1/s1. The van der Waals surface area contributed by atoms with Gasteiger partial charge in [0.25, 0.3) is 0 Å². The molecule has 6 nitrogen and oxygen atoms in total. The molecule has 5 atom stereocenters. The Morgan fingerprint density at radius 1 is 1.56 bits per heavy atom. The third-order valence-electron chi connectivity index (χ3n) is 3.51. The van der Waals surface area contributed by atoms with Gasteiger partial charge < -0.3 is 25.4 Å². The van der Waals surface area contributed by atoms with Crippen LogP contribution in [0.2, 0.25) is 0 Å². The molecule has 0 radical (unpaired) electrons. The summed E-state index contributed by atoms with van der Waals surface area (Å²) in [6.07, 6.45) is -1.51. The molecule has 2 saturated heterocycles. The van der Waals surface area contributed by atoms with Crippen LogP contribution in [0.4, 0.5) is 0 Å². The van der Waals surface area contributed by atoms with Gasteiger partial charge in [-0.05, 0) is 12.8 Å². The molecule has 2 aliphatic heterocycles. The first-order chi connectivity index (χ1) is 7.50. The molecule has 2 bridgehead atoms. The highest BCUT2D eigenvalue weighted by Gasteiger charge is 2.57. The number of carbonyl (C=O) groups excluding carboxylic acids is 1. The fraction of sp³-hybridized carbons (Fsp3) is 0.900. The number of amides is 1. The molecule has 0 spiro atoms. The van der Waals surface area contributed by atoms with Crippen LogP contribution >= 0.6 is 0 Å². The van der Waals surface area contributed by atoms with Crippen molar-refractivity contribution in [3.63, 3.8) is 0 Å². The van der Waals surface area contributed by atoms with Gasteiger partial charge in [-0.2, -0.15) is 0 Å². The Morgan fingerprint density at radius 2 is 2.25 bits per heavy atom. The van der Waals surface area contributed by atoms with Crippen molar-refractivity contribution >= 4 is 5.91 Å². The third kappa shape index (κ3) is 1.62. The Bertz CT molecular complexity index is 297.